The van der Waals surface area contributed by atoms with E-state index in [0.717, 1.165) is 19.3 Å². The summed E-state index contributed by atoms with van der Waals surface area (Å²) in [6, 6.07) is 8.20. The van der Waals surface area contributed by atoms with Crippen LogP contribution in [0.1, 0.15) is 30.4 Å². The number of amides is 1. The molecular weight excluding hydrogens is 224 g/mol. The summed E-state index contributed by atoms with van der Waals surface area (Å²) in [5, 5.41) is 0. The first-order valence-corrected chi connectivity index (χ1v) is 6.59. The van der Waals surface area contributed by atoms with Gasteiger partial charge in [-0.2, -0.15) is 0 Å². The van der Waals surface area contributed by atoms with Gasteiger partial charge in [-0.25, -0.2) is 0 Å². The molecule has 1 aromatic rings. The molecule has 0 bridgehead atoms. The predicted molar refractivity (Wildman–Crippen MR) is 73.0 cm³/mol. The molecule has 1 amide bonds. The minimum Gasteiger partial charge on any atom is -0.341 e. The van der Waals surface area contributed by atoms with Crippen molar-refractivity contribution in [2.45, 2.75) is 32.7 Å². The number of nitrogens with two attached hydrogens (primary N) is 1. The SMILES string of the molecule is Cc1ccccc1CN(C)C(=O)C1(CN)CCC1. The zero-order chi connectivity index (χ0) is 13.2. The summed E-state index contributed by atoms with van der Waals surface area (Å²) in [6.45, 7) is 3.23. The molecule has 3 nitrogen and oxygen atoms in total. The molecular formula is C15H22N2O. The molecule has 0 spiro atoms. The second-order valence-corrected chi connectivity index (χ2v) is 5.43. The number of rotatable bonds is 4. The summed E-state index contributed by atoms with van der Waals surface area (Å²) in [4.78, 5) is 14.3. The van der Waals surface area contributed by atoms with Crippen LogP contribution in [-0.2, 0) is 11.3 Å². The van der Waals surface area contributed by atoms with E-state index in [4.69, 9.17) is 5.73 Å². The van der Waals surface area contributed by atoms with Gasteiger partial charge in [-0.3, -0.25) is 4.79 Å². The number of nitrogens with zero attached hydrogens (tertiary/aromatic N) is 1. The van der Waals surface area contributed by atoms with Crippen molar-refractivity contribution in [2.24, 2.45) is 11.1 Å². The van der Waals surface area contributed by atoms with Crippen LogP contribution in [0.15, 0.2) is 24.3 Å². The van der Waals surface area contributed by atoms with Crippen LogP contribution < -0.4 is 5.73 Å². The molecule has 0 atom stereocenters. The number of carbonyl (C=O) groups excluding carboxylic acids is 1. The molecule has 0 aromatic heterocycles. The van der Waals surface area contributed by atoms with Crippen molar-refractivity contribution in [3.05, 3.63) is 35.4 Å². The van der Waals surface area contributed by atoms with Gasteiger partial charge in [0.2, 0.25) is 5.91 Å². The second kappa shape index (κ2) is 5.11. The Morgan fingerprint density at radius 1 is 1.39 bits per heavy atom. The summed E-state index contributed by atoms with van der Waals surface area (Å²) in [5.74, 6) is 0.208. The maximum atomic E-state index is 12.4. The van der Waals surface area contributed by atoms with Gasteiger partial charge in [0.05, 0.1) is 5.41 Å². The van der Waals surface area contributed by atoms with Gasteiger partial charge in [-0.15, -0.1) is 0 Å². The average Bonchev–Trinajstić information content (AvgIpc) is 2.31. The topological polar surface area (TPSA) is 46.3 Å². The fraction of sp³-hybridized carbons (Fsp3) is 0.533. The van der Waals surface area contributed by atoms with Crippen molar-refractivity contribution in [3.63, 3.8) is 0 Å². The van der Waals surface area contributed by atoms with Crippen LogP contribution in [0.3, 0.4) is 0 Å². The van der Waals surface area contributed by atoms with E-state index in [9.17, 15) is 4.79 Å². The third kappa shape index (κ3) is 2.27. The highest BCUT2D eigenvalue weighted by molar-refractivity contribution is 5.83. The molecule has 2 N–H and O–H groups in total. The van der Waals surface area contributed by atoms with E-state index >= 15 is 0 Å². The van der Waals surface area contributed by atoms with Crippen molar-refractivity contribution in [3.8, 4) is 0 Å². The molecule has 1 aliphatic carbocycles. The first kappa shape index (κ1) is 13.1. The quantitative estimate of drug-likeness (QED) is 0.884. The van der Waals surface area contributed by atoms with Crippen LogP contribution in [0.25, 0.3) is 0 Å². The Balaban J connectivity index is 2.06. The number of aryl methyl sites for hydroxylation is 1. The second-order valence-electron chi connectivity index (χ2n) is 5.43. The fourth-order valence-electron chi connectivity index (χ4n) is 2.63. The molecule has 0 aliphatic heterocycles. The lowest BCUT2D eigenvalue weighted by molar-refractivity contribution is -0.145. The van der Waals surface area contributed by atoms with Gasteiger partial charge in [0.15, 0.2) is 0 Å². The average molecular weight is 246 g/mol. The van der Waals surface area contributed by atoms with Crippen molar-refractivity contribution >= 4 is 5.91 Å². The smallest absolute Gasteiger partial charge is 0.230 e. The summed E-state index contributed by atoms with van der Waals surface area (Å²) < 4.78 is 0. The largest absolute Gasteiger partial charge is 0.341 e. The van der Waals surface area contributed by atoms with E-state index in [1.165, 1.54) is 11.1 Å². The van der Waals surface area contributed by atoms with Gasteiger partial charge in [0, 0.05) is 20.1 Å². The number of carbonyl (C=O) groups is 1. The van der Waals surface area contributed by atoms with Crippen molar-refractivity contribution in [2.75, 3.05) is 13.6 Å². The van der Waals surface area contributed by atoms with Crippen LogP contribution >= 0.6 is 0 Å². The maximum Gasteiger partial charge on any atom is 0.230 e. The lowest BCUT2D eigenvalue weighted by Gasteiger charge is -2.41. The van der Waals surface area contributed by atoms with Crippen LogP contribution in [0.5, 0.6) is 0 Å². The standard InChI is InChI=1S/C15H22N2O/c1-12-6-3-4-7-13(12)10-17(2)14(18)15(11-16)8-5-9-15/h3-4,6-7H,5,8-11,16H2,1-2H3. The molecule has 2 rings (SSSR count). The molecule has 0 radical (unpaired) electrons. The Morgan fingerprint density at radius 2 is 2.06 bits per heavy atom. The molecule has 0 saturated heterocycles. The predicted octanol–water partition coefficient (Wildman–Crippen LogP) is 2.08. The monoisotopic (exact) mass is 246 g/mol. The summed E-state index contributed by atoms with van der Waals surface area (Å²) >= 11 is 0. The first-order chi connectivity index (χ1) is 8.59. The lowest BCUT2D eigenvalue weighted by Crippen LogP contribution is -2.50. The molecule has 1 fully saturated rings. The fourth-order valence-corrected chi connectivity index (χ4v) is 2.63. The number of hydrogen-bond donors (Lipinski definition) is 1. The van der Waals surface area contributed by atoms with E-state index in [0.29, 0.717) is 13.1 Å². The van der Waals surface area contributed by atoms with E-state index < -0.39 is 0 Å². The Hall–Kier alpha value is -1.35. The normalized spacial score (nSPS) is 17.1. The highest BCUT2D eigenvalue weighted by Gasteiger charge is 2.44. The van der Waals surface area contributed by atoms with E-state index in [2.05, 4.69) is 19.1 Å². The van der Waals surface area contributed by atoms with Gasteiger partial charge in [0.1, 0.15) is 0 Å². The van der Waals surface area contributed by atoms with E-state index in [1.54, 1.807) is 0 Å². The first-order valence-electron chi connectivity index (χ1n) is 6.59. The van der Waals surface area contributed by atoms with E-state index in [1.807, 2.05) is 24.1 Å². The molecule has 0 heterocycles. The van der Waals surface area contributed by atoms with Crippen molar-refractivity contribution in [1.82, 2.24) is 4.90 Å². The Morgan fingerprint density at radius 3 is 2.56 bits per heavy atom. The number of hydrogen-bond acceptors (Lipinski definition) is 2. The Kier molecular flexibility index (Phi) is 3.71. The van der Waals surface area contributed by atoms with Crippen LogP contribution in [0.2, 0.25) is 0 Å². The minimum atomic E-state index is -0.266. The third-order valence-electron chi connectivity index (χ3n) is 4.17. The molecule has 18 heavy (non-hydrogen) atoms. The molecule has 1 saturated carbocycles. The van der Waals surface area contributed by atoms with Gasteiger partial charge in [-0.1, -0.05) is 30.7 Å². The van der Waals surface area contributed by atoms with Gasteiger partial charge in [-0.05, 0) is 30.9 Å². The molecule has 3 heteroatoms. The molecule has 1 aliphatic rings. The zero-order valence-electron chi connectivity index (χ0n) is 11.3. The van der Waals surface area contributed by atoms with Gasteiger partial charge >= 0.3 is 0 Å². The highest BCUT2D eigenvalue weighted by Crippen LogP contribution is 2.41. The Bertz CT molecular complexity index is 432. The maximum absolute atomic E-state index is 12.4. The van der Waals surface area contributed by atoms with E-state index in [-0.39, 0.29) is 11.3 Å². The lowest BCUT2D eigenvalue weighted by atomic mass is 9.68. The molecule has 1 aromatic carbocycles. The Labute approximate surface area is 109 Å². The van der Waals surface area contributed by atoms with Crippen molar-refractivity contribution < 1.29 is 4.79 Å². The molecule has 98 valence electrons. The van der Waals surface area contributed by atoms with Gasteiger partial charge < -0.3 is 10.6 Å². The molecule has 0 unspecified atom stereocenters. The highest BCUT2D eigenvalue weighted by atomic mass is 16.2. The summed E-state index contributed by atoms with van der Waals surface area (Å²) in [5.41, 5.74) is 7.95. The van der Waals surface area contributed by atoms with Crippen LogP contribution in [-0.4, -0.2) is 24.4 Å². The van der Waals surface area contributed by atoms with Crippen molar-refractivity contribution in [1.29, 1.82) is 0 Å². The third-order valence-corrected chi connectivity index (χ3v) is 4.17. The van der Waals surface area contributed by atoms with Gasteiger partial charge in [0.25, 0.3) is 0 Å². The van der Waals surface area contributed by atoms with Crippen LogP contribution in [0.4, 0.5) is 0 Å². The summed E-state index contributed by atoms with van der Waals surface area (Å²) in [7, 11) is 1.88. The zero-order valence-corrected chi connectivity index (χ0v) is 11.3. The number of benzene rings is 1. The van der Waals surface area contributed by atoms with Crippen LogP contribution in [0, 0.1) is 12.3 Å². The summed E-state index contributed by atoms with van der Waals surface area (Å²) in [6.07, 6.45) is 3.02. The minimum absolute atomic E-state index is 0.208.